The van der Waals surface area contributed by atoms with E-state index < -0.39 is 23.7 Å². The van der Waals surface area contributed by atoms with Gasteiger partial charge in [-0.05, 0) is 25.0 Å². The molecule has 23 heavy (non-hydrogen) atoms. The number of aliphatic carboxylic acids is 1. The van der Waals surface area contributed by atoms with E-state index in [1.165, 1.54) is 6.07 Å². The Hall–Kier alpha value is -1.73. The van der Waals surface area contributed by atoms with Gasteiger partial charge in [0.05, 0.1) is 6.61 Å². The molecule has 1 atom stereocenters. The second-order valence-corrected chi connectivity index (χ2v) is 6.01. The van der Waals surface area contributed by atoms with Crippen LogP contribution >= 0.6 is 0 Å². The first kappa shape index (κ1) is 16.1. The number of nitrogens with zero attached hydrogens (tertiary/aromatic N) is 2. The van der Waals surface area contributed by atoms with Crippen LogP contribution in [0.3, 0.4) is 0 Å². The fraction of sp³-hybridized carbons (Fsp3) is 0.562. The molecular formula is C16H20F2N2O3. The van der Waals surface area contributed by atoms with Crippen molar-refractivity contribution in [2.75, 3.05) is 37.7 Å². The second-order valence-electron chi connectivity index (χ2n) is 6.01. The molecule has 0 aromatic heterocycles. The van der Waals surface area contributed by atoms with Gasteiger partial charge in [-0.25, -0.2) is 13.6 Å². The van der Waals surface area contributed by atoms with Crippen LogP contribution in [0, 0.1) is 11.6 Å². The van der Waals surface area contributed by atoms with E-state index in [2.05, 4.69) is 4.90 Å². The molecule has 1 N–H and O–H groups in total. The molecule has 0 saturated carbocycles. The number of carbonyl (C=O) groups is 1. The maximum atomic E-state index is 13.3. The lowest BCUT2D eigenvalue weighted by atomic mass is 10.0. The van der Waals surface area contributed by atoms with E-state index in [-0.39, 0.29) is 0 Å². The van der Waals surface area contributed by atoms with Gasteiger partial charge < -0.3 is 14.7 Å². The molecule has 5 nitrogen and oxygen atoms in total. The quantitative estimate of drug-likeness (QED) is 0.917. The number of carboxylic acids is 1. The van der Waals surface area contributed by atoms with E-state index >= 15 is 0 Å². The molecule has 2 fully saturated rings. The van der Waals surface area contributed by atoms with Gasteiger partial charge in [0.15, 0.2) is 17.7 Å². The van der Waals surface area contributed by atoms with Crippen LogP contribution in [0.25, 0.3) is 0 Å². The summed E-state index contributed by atoms with van der Waals surface area (Å²) in [6.07, 6.45) is 0.976. The van der Waals surface area contributed by atoms with Crippen LogP contribution in [0.15, 0.2) is 18.2 Å². The van der Waals surface area contributed by atoms with E-state index in [1.807, 2.05) is 4.90 Å². The highest BCUT2D eigenvalue weighted by Gasteiger charge is 2.32. The van der Waals surface area contributed by atoms with Crippen molar-refractivity contribution in [3.8, 4) is 0 Å². The maximum absolute atomic E-state index is 13.3. The number of rotatable bonds is 3. The normalized spacial score (nSPS) is 23.9. The van der Waals surface area contributed by atoms with Gasteiger partial charge in [-0.1, -0.05) is 0 Å². The first-order valence-electron chi connectivity index (χ1n) is 7.83. The Labute approximate surface area is 133 Å². The van der Waals surface area contributed by atoms with Crippen LogP contribution in [0.2, 0.25) is 0 Å². The monoisotopic (exact) mass is 326 g/mol. The summed E-state index contributed by atoms with van der Waals surface area (Å²) in [5.41, 5.74) is 0.688. The van der Waals surface area contributed by atoms with Crippen LogP contribution in [0.1, 0.15) is 12.8 Å². The van der Waals surface area contributed by atoms with Crippen molar-refractivity contribution >= 4 is 11.7 Å². The van der Waals surface area contributed by atoms with Crippen molar-refractivity contribution in [3.63, 3.8) is 0 Å². The van der Waals surface area contributed by atoms with Gasteiger partial charge in [-0.2, -0.15) is 0 Å². The number of anilines is 1. The largest absolute Gasteiger partial charge is 0.479 e. The molecule has 126 valence electrons. The highest BCUT2D eigenvalue weighted by Crippen LogP contribution is 2.25. The summed E-state index contributed by atoms with van der Waals surface area (Å²) in [6.45, 7) is 3.06. The Kier molecular flexibility index (Phi) is 4.77. The number of hydrogen-bond donors (Lipinski definition) is 1. The predicted molar refractivity (Wildman–Crippen MR) is 80.5 cm³/mol. The van der Waals surface area contributed by atoms with Crippen LogP contribution in [0.5, 0.6) is 0 Å². The average molecular weight is 326 g/mol. The number of carboxylic acid groups (broad SMARTS) is 1. The van der Waals surface area contributed by atoms with Crippen molar-refractivity contribution < 1.29 is 23.4 Å². The molecule has 1 unspecified atom stereocenters. The molecular weight excluding hydrogens is 306 g/mol. The lowest BCUT2D eigenvalue weighted by Gasteiger charge is -2.42. The van der Waals surface area contributed by atoms with Crippen molar-refractivity contribution in [3.05, 3.63) is 29.8 Å². The number of morpholine rings is 1. The Bertz CT molecular complexity index is 576. The third kappa shape index (κ3) is 3.61. The Morgan fingerprint density at radius 2 is 1.91 bits per heavy atom. The van der Waals surface area contributed by atoms with Crippen LogP contribution in [0.4, 0.5) is 14.5 Å². The molecule has 1 aromatic carbocycles. The molecule has 0 radical (unpaired) electrons. The summed E-state index contributed by atoms with van der Waals surface area (Å²) >= 11 is 0. The van der Waals surface area contributed by atoms with E-state index in [1.54, 1.807) is 6.07 Å². The second kappa shape index (κ2) is 6.80. The summed E-state index contributed by atoms with van der Waals surface area (Å²) in [5.74, 6) is -2.59. The Balaban J connectivity index is 1.57. The lowest BCUT2D eigenvalue weighted by Crippen LogP contribution is -2.53. The summed E-state index contributed by atoms with van der Waals surface area (Å²) in [6, 6.07) is 4.27. The standard InChI is InChI=1S/C16H20F2N2O3/c17-13-2-1-12(9-14(13)18)19-5-3-11(4-6-19)20-7-8-23-15(10-20)16(21)22/h1-2,9,11,15H,3-8,10H2,(H,21,22). The number of ether oxygens (including phenoxy) is 1. The molecule has 3 rings (SSSR count). The molecule has 2 heterocycles. The zero-order valence-electron chi connectivity index (χ0n) is 12.8. The Morgan fingerprint density at radius 3 is 2.57 bits per heavy atom. The summed E-state index contributed by atoms with van der Waals surface area (Å²) in [4.78, 5) is 15.3. The third-order valence-corrected chi connectivity index (χ3v) is 4.62. The molecule has 0 spiro atoms. The highest BCUT2D eigenvalue weighted by atomic mass is 19.2. The topological polar surface area (TPSA) is 53.0 Å². The first-order valence-corrected chi connectivity index (χ1v) is 7.83. The SMILES string of the molecule is O=C(O)C1CN(C2CCN(c3ccc(F)c(F)c3)CC2)CCO1. The van der Waals surface area contributed by atoms with Crippen molar-refractivity contribution in [1.29, 1.82) is 0 Å². The van der Waals surface area contributed by atoms with Gasteiger partial charge in [-0.3, -0.25) is 4.90 Å². The summed E-state index contributed by atoms with van der Waals surface area (Å²) < 4.78 is 31.6. The van der Waals surface area contributed by atoms with E-state index in [4.69, 9.17) is 9.84 Å². The fourth-order valence-corrected chi connectivity index (χ4v) is 3.32. The molecule has 0 amide bonds. The zero-order valence-corrected chi connectivity index (χ0v) is 12.8. The van der Waals surface area contributed by atoms with Crippen molar-refractivity contribution in [2.45, 2.75) is 25.0 Å². The minimum atomic E-state index is -0.922. The molecule has 2 saturated heterocycles. The Morgan fingerprint density at radius 1 is 1.17 bits per heavy atom. The maximum Gasteiger partial charge on any atom is 0.334 e. The molecule has 0 bridgehead atoms. The number of benzene rings is 1. The van der Waals surface area contributed by atoms with Crippen molar-refractivity contribution in [2.24, 2.45) is 0 Å². The van der Waals surface area contributed by atoms with Gasteiger partial charge >= 0.3 is 5.97 Å². The number of halogens is 2. The smallest absolute Gasteiger partial charge is 0.334 e. The summed E-state index contributed by atoms with van der Waals surface area (Å²) in [5, 5.41) is 9.07. The van der Waals surface area contributed by atoms with Gasteiger partial charge in [0.2, 0.25) is 0 Å². The van der Waals surface area contributed by atoms with E-state index in [0.29, 0.717) is 24.9 Å². The number of hydrogen-bond acceptors (Lipinski definition) is 4. The highest BCUT2D eigenvalue weighted by molar-refractivity contribution is 5.72. The number of piperidine rings is 1. The van der Waals surface area contributed by atoms with Crippen LogP contribution < -0.4 is 4.90 Å². The van der Waals surface area contributed by atoms with Gasteiger partial charge in [0.25, 0.3) is 0 Å². The first-order chi connectivity index (χ1) is 11.0. The van der Waals surface area contributed by atoms with Crippen molar-refractivity contribution in [1.82, 2.24) is 4.90 Å². The minimum Gasteiger partial charge on any atom is -0.479 e. The van der Waals surface area contributed by atoms with Gasteiger partial charge in [-0.15, -0.1) is 0 Å². The average Bonchev–Trinajstić information content (AvgIpc) is 2.57. The predicted octanol–water partition coefficient (Wildman–Crippen LogP) is 1.72. The summed E-state index contributed by atoms with van der Waals surface area (Å²) in [7, 11) is 0. The van der Waals surface area contributed by atoms with Crippen LogP contribution in [-0.2, 0) is 9.53 Å². The molecule has 7 heteroatoms. The lowest BCUT2D eigenvalue weighted by molar-refractivity contribution is -0.157. The third-order valence-electron chi connectivity index (χ3n) is 4.62. The minimum absolute atomic E-state index is 0.308. The molecule has 2 aliphatic heterocycles. The van der Waals surface area contributed by atoms with Gasteiger partial charge in [0, 0.05) is 44.0 Å². The van der Waals surface area contributed by atoms with Crippen LogP contribution in [-0.4, -0.2) is 60.9 Å². The molecule has 0 aliphatic carbocycles. The van der Waals surface area contributed by atoms with E-state index in [9.17, 15) is 13.6 Å². The molecule has 1 aromatic rings. The zero-order chi connectivity index (χ0) is 16.4. The fourth-order valence-electron chi connectivity index (χ4n) is 3.32. The molecule has 2 aliphatic rings. The van der Waals surface area contributed by atoms with E-state index in [0.717, 1.165) is 38.5 Å². The van der Waals surface area contributed by atoms with Gasteiger partial charge in [0.1, 0.15) is 0 Å².